The fourth-order valence-corrected chi connectivity index (χ4v) is 4.91. The van der Waals surface area contributed by atoms with Gasteiger partial charge in [-0.05, 0) is 55.7 Å². The van der Waals surface area contributed by atoms with Crippen molar-refractivity contribution in [1.29, 1.82) is 0 Å². The average molecular weight is 462 g/mol. The zero-order valence-electron chi connectivity index (χ0n) is 18.0. The summed E-state index contributed by atoms with van der Waals surface area (Å²) in [5.74, 6) is -0.961. The molecule has 0 aromatic heterocycles. The highest BCUT2D eigenvalue weighted by Crippen LogP contribution is 2.20. The summed E-state index contributed by atoms with van der Waals surface area (Å²) < 4.78 is 39.3. The van der Waals surface area contributed by atoms with Crippen LogP contribution in [0.3, 0.4) is 0 Å². The van der Waals surface area contributed by atoms with E-state index in [4.69, 9.17) is 0 Å². The minimum Gasteiger partial charge on any atom is -0.342 e. The van der Waals surface area contributed by atoms with Crippen LogP contribution in [0.2, 0.25) is 0 Å². The Balaban J connectivity index is 1.48. The van der Waals surface area contributed by atoms with Gasteiger partial charge < -0.3 is 10.2 Å². The Hall–Kier alpha value is -2.78. The van der Waals surface area contributed by atoms with Gasteiger partial charge in [-0.25, -0.2) is 17.1 Å². The molecule has 1 aliphatic rings. The minimum absolute atomic E-state index is 0.0102. The zero-order chi connectivity index (χ0) is 23.1. The van der Waals surface area contributed by atoms with Crippen LogP contribution in [0.4, 0.5) is 10.1 Å². The van der Waals surface area contributed by atoms with Crippen molar-refractivity contribution < 1.29 is 22.4 Å². The highest BCUT2D eigenvalue weighted by molar-refractivity contribution is 7.89. The number of hydrogen-bond donors (Lipinski definition) is 1. The molecule has 172 valence electrons. The molecule has 2 amide bonds. The smallest absolute Gasteiger partial charge is 0.242 e. The molecular formula is C23H28FN3O4S. The second-order valence-corrected chi connectivity index (χ2v) is 9.96. The normalized spacial score (nSPS) is 16.7. The fraction of sp³-hybridized carbons (Fsp3) is 0.391. The number of nitrogens with zero attached hydrogens (tertiary/aromatic N) is 2. The molecule has 1 fully saturated rings. The van der Waals surface area contributed by atoms with Crippen molar-refractivity contribution in [1.82, 2.24) is 9.21 Å². The van der Waals surface area contributed by atoms with Crippen LogP contribution in [0.1, 0.15) is 25.7 Å². The quantitative estimate of drug-likeness (QED) is 0.655. The lowest BCUT2D eigenvalue weighted by Gasteiger charge is -2.32. The Kier molecular flexibility index (Phi) is 7.98. The number of anilines is 1. The predicted octanol–water partition coefficient (Wildman–Crippen LogP) is 3.10. The van der Waals surface area contributed by atoms with Crippen LogP contribution in [-0.4, -0.2) is 56.1 Å². The van der Waals surface area contributed by atoms with E-state index in [1.54, 1.807) is 4.90 Å². The third-order valence-electron chi connectivity index (χ3n) is 5.57. The first kappa shape index (κ1) is 23.9. The van der Waals surface area contributed by atoms with Crippen LogP contribution in [-0.2, 0) is 19.6 Å². The van der Waals surface area contributed by atoms with Crippen molar-refractivity contribution in [2.45, 2.75) is 30.6 Å². The number of piperidine rings is 1. The first-order valence-electron chi connectivity index (χ1n) is 10.6. The number of carbonyl (C=O) groups is 2. The molecule has 0 aliphatic carbocycles. The van der Waals surface area contributed by atoms with Gasteiger partial charge in [0.1, 0.15) is 5.82 Å². The molecule has 1 atom stereocenters. The molecular weight excluding hydrogens is 433 g/mol. The Morgan fingerprint density at radius 3 is 2.50 bits per heavy atom. The molecule has 0 radical (unpaired) electrons. The van der Waals surface area contributed by atoms with Gasteiger partial charge in [0.25, 0.3) is 0 Å². The Morgan fingerprint density at radius 2 is 1.81 bits per heavy atom. The fourth-order valence-electron chi connectivity index (χ4n) is 3.70. The summed E-state index contributed by atoms with van der Waals surface area (Å²) in [4.78, 5) is 26.9. The molecule has 0 bridgehead atoms. The van der Waals surface area contributed by atoms with E-state index < -0.39 is 15.8 Å². The minimum atomic E-state index is -3.74. The molecule has 1 N–H and O–H groups in total. The van der Waals surface area contributed by atoms with Crippen LogP contribution < -0.4 is 5.32 Å². The number of para-hydroxylation sites is 1. The summed E-state index contributed by atoms with van der Waals surface area (Å²) in [6.07, 6.45) is 2.02. The third kappa shape index (κ3) is 6.14. The number of sulfonamides is 1. The second kappa shape index (κ2) is 10.7. The average Bonchev–Trinajstić information content (AvgIpc) is 2.80. The first-order valence-corrected chi connectivity index (χ1v) is 12.1. The summed E-state index contributed by atoms with van der Waals surface area (Å²) >= 11 is 0. The number of carbonyl (C=O) groups excluding carboxylic acids is 2. The standard InChI is InChI=1S/C23H28FN3O4S/c1-26(32(30,31)21-13-11-19(24)12-14-21)15-6-10-22(28)27-16-5-7-18(17-27)23(29)25-20-8-3-2-4-9-20/h2-4,8-9,11-14,18H,5-7,10,15-17H2,1H3,(H,25,29). The zero-order valence-corrected chi connectivity index (χ0v) is 18.9. The van der Waals surface area contributed by atoms with Crippen molar-refractivity contribution in [2.24, 2.45) is 5.92 Å². The lowest BCUT2D eigenvalue weighted by molar-refractivity contribution is -0.134. The van der Waals surface area contributed by atoms with Gasteiger partial charge in [-0.15, -0.1) is 0 Å². The van der Waals surface area contributed by atoms with Gasteiger partial charge in [-0.1, -0.05) is 18.2 Å². The molecule has 9 heteroatoms. The SMILES string of the molecule is CN(CCCC(=O)N1CCCC(C(=O)Nc2ccccc2)C1)S(=O)(=O)c1ccc(F)cc1. The summed E-state index contributed by atoms with van der Waals surface area (Å²) in [6, 6.07) is 13.9. The van der Waals surface area contributed by atoms with Crippen LogP contribution in [0, 0.1) is 11.7 Å². The number of hydrogen-bond acceptors (Lipinski definition) is 4. The van der Waals surface area contributed by atoms with Crippen molar-refractivity contribution in [2.75, 3.05) is 32.0 Å². The second-order valence-electron chi connectivity index (χ2n) is 7.92. The Labute approximate surface area is 188 Å². The van der Waals surface area contributed by atoms with Gasteiger partial charge in [0.15, 0.2) is 0 Å². The lowest BCUT2D eigenvalue weighted by Crippen LogP contribution is -2.43. The lowest BCUT2D eigenvalue weighted by atomic mass is 9.96. The highest BCUT2D eigenvalue weighted by Gasteiger charge is 2.28. The Morgan fingerprint density at radius 1 is 1.12 bits per heavy atom. The number of nitrogens with one attached hydrogen (secondary N) is 1. The monoisotopic (exact) mass is 461 g/mol. The molecule has 0 spiro atoms. The highest BCUT2D eigenvalue weighted by atomic mass is 32.2. The maximum atomic E-state index is 13.1. The van der Waals surface area contributed by atoms with Crippen molar-refractivity contribution in [3.8, 4) is 0 Å². The van der Waals surface area contributed by atoms with E-state index in [1.807, 2.05) is 30.3 Å². The molecule has 1 unspecified atom stereocenters. The van der Waals surface area contributed by atoms with Gasteiger partial charge in [0.05, 0.1) is 10.8 Å². The summed E-state index contributed by atoms with van der Waals surface area (Å²) in [5.41, 5.74) is 0.728. The molecule has 2 aromatic rings. The molecule has 32 heavy (non-hydrogen) atoms. The van der Waals surface area contributed by atoms with E-state index >= 15 is 0 Å². The summed E-state index contributed by atoms with van der Waals surface area (Å²) in [5, 5.41) is 2.89. The largest absolute Gasteiger partial charge is 0.342 e. The molecule has 1 aliphatic heterocycles. The molecule has 3 rings (SSSR count). The number of likely N-dealkylation sites (tertiary alicyclic amines) is 1. The van der Waals surface area contributed by atoms with E-state index in [0.717, 1.165) is 30.7 Å². The number of amides is 2. The maximum absolute atomic E-state index is 13.1. The van der Waals surface area contributed by atoms with Crippen LogP contribution in [0.5, 0.6) is 0 Å². The molecule has 0 saturated carbocycles. The van der Waals surface area contributed by atoms with Crippen LogP contribution in [0.15, 0.2) is 59.5 Å². The first-order chi connectivity index (χ1) is 15.3. The third-order valence-corrected chi connectivity index (χ3v) is 7.44. The van der Waals surface area contributed by atoms with Gasteiger partial charge in [-0.2, -0.15) is 0 Å². The summed E-state index contributed by atoms with van der Waals surface area (Å²) in [7, 11) is -2.30. The molecule has 1 saturated heterocycles. The van der Waals surface area contributed by atoms with E-state index in [2.05, 4.69) is 5.32 Å². The number of benzene rings is 2. The van der Waals surface area contributed by atoms with Gasteiger partial charge >= 0.3 is 0 Å². The predicted molar refractivity (Wildman–Crippen MR) is 120 cm³/mol. The molecule has 7 nitrogen and oxygen atoms in total. The van der Waals surface area contributed by atoms with E-state index in [1.165, 1.54) is 23.5 Å². The van der Waals surface area contributed by atoms with Crippen LogP contribution >= 0.6 is 0 Å². The van der Waals surface area contributed by atoms with Crippen LogP contribution in [0.25, 0.3) is 0 Å². The van der Waals surface area contributed by atoms with Crippen molar-refractivity contribution in [3.63, 3.8) is 0 Å². The van der Waals surface area contributed by atoms with E-state index in [9.17, 15) is 22.4 Å². The van der Waals surface area contributed by atoms with E-state index in [0.29, 0.717) is 19.5 Å². The molecule has 1 heterocycles. The van der Waals surface area contributed by atoms with Gasteiger partial charge in [0, 0.05) is 38.8 Å². The summed E-state index contributed by atoms with van der Waals surface area (Å²) in [6.45, 7) is 1.12. The topological polar surface area (TPSA) is 86.8 Å². The van der Waals surface area contributed by atoms with Gasteiger partial charge in [0.2, 0.25) is 21.8 Å². The van der Waals surface area contributed by atoms with Crippen molar-refractivity contribution in [3.05, 3.63) is 60.4 Å². The Bertz CT molecular complexity index is 1030. The maximum Gasteiger partial charge on any atom is 0.242 e. The number of halogens is 1. The molecule has 2 aromatic carbocycles. The van der Waals surface area contributed by atoms with Crippen molar-refractivity contribution >= 4 is 27.5 Å². The van der Waals surface area contributed by atoms with E-state index in [-0.39, 0.29) is 35.6 Å². The van der Waals surface area contributed by atoms with Gasteiger partial charge in [-0.3, -0.25) is 9.59 Å². The number of rotatable bonds is 8.